The molecular weight excluding hydrogens is 160 g/mol. The van der Waals surface area contributed by atoms with Crippen LogP contribution in [0.15, 0.2) is 0 Å². The quantitative estimate of drug-likeness (QED) is 0.608. The van der Waals surface area contributed by atoms with Crippen LogP contribution in [0.3, 0.4) is 0 Å². The molecule has 0 spiro atoms. The average Bonchev–Trinajstić information content (AvgIpc) is 1.86. The van der Waals surface area contributed by atoms with Crippen LogP contribution in [0, 0.1) is 5.92 Å². The van der Waals surface area contributed by atoms with E-state index >= 15 is 0 Å². The minimum Gasteiger partial charge on any atom is -0.229 e. The van der Waals surface area contributed by atoms with Crippen molar-refractivity contribution in [2.45, 2.75) is 37.9 Å². The van der Waals surface area contributed by atoms with Crippen LogP contribution in [0.4, 0.5) is 0 Å². The van der Waals surface area contributed by atoms with E-state index in [1.165, 1.54) is 12.7 Å². The van der Waals surface area contributed by atoms with Crippen molar-refractivity contribution in [3.05, 3.63) is 0 Å². The van der Waals surface area contributed by atoms with Crippen molar-refractivity contribution in [2.75, 3.05) is 6.26 Å². The van der Waals surface area contributed by atoms with Gasteiger partial charge in [0.15, 0.2) is 9.84 Å². The van der Waals surface area contributed by atoms with E-state index in [4.69, 9.17) is 0 Å². The molecule has 2 atom stereocenters. The molecule has 0 unspecified atom stereocenters. The second kappa shape index (κ2) is 3.13. The predicted molar refractivity (Wildman–Crippen MR) is 46.3 cm³/mol. The zero-order valence-corrected chi connectivity index (χ0v) is 8.02. The first-order chi connectivity index (χ1) is 5.02. The maximum atomic E-state index is 11.2. The Morgan fingerprint density at radius 2 is 1.73 bits per heavy atom. The van der Waals surface area contributed by atoms with Gasteiger partial charge in [-0.05, 0) is 18.8 Å². The molecule has 1 rings (SSSR count). The summed E-state index contributed by atoms with van der Waals surface area (Å²) >= 11 is 0. The molecule has 0 amide bonds. The molecule has 66 valence electrons. The maximum absolute atomic E-state index is 11.2. The number of hydrogen-bond donors (Lipinski definition) is 0. The Hall–Kier alpha value is -0.0500. The maximum Gasteiger partial charge on any atom is 0.150 e. The lowest BCUT2D eigenvalue weighted by Gasteiger charge is -2.26. The average molecular weight is 176 g/mol. The van der Waals surface area contributed by atoms with E-state index in [0.717, 1.165) is 19.3 Å². The summed E-state index contributed by atoms with van der Waals surface area (Å²) in [5.41, 5.74) is 0. The van der Waals surface area contributed by atoms with Crippen LogP contribution in [-0.2, 0) is 9.84 Å². The van der Waals surface area contributed by atoms with Crippen LogP contribution in [0.5, 0.6) is 0 Å². The van der Waals surface area contributed by atoms with Gasteiger partial charge in [0.25, 0.3) is 0 Å². The largest absolute Gasteiger partial charge is 0.229 e. The Kier molecular flexibility index (Phi) is 2.58. The van der Waals surface area contributed by atoms with Crippen LogP contribution < -0.4 is 0 Å². The lowest BCUT2D eigenvalue weighted by atomic mass is 9.90. The van der Waals surface area contributed by atoms with Gasteiger partial charge in [-0.15, -0.1) is 0 Å². The highest BCUT2D eigenvalue weighted by atomic mass is 32.2. The fraction of sp³-hybridized carbons (Fsp3) is 1.00. The minimum absolute atomic E-state index is 0.0590. The van der Waals surface area contributed by atoms with Crippen molar-refractivity contribution in [1.82, 2.24) is 0 Å². The van der Waals surface area contributed by atoms with Gasteiger partial charge in [-0.25, -0.2) is 8.42 Å². The topological polar surface area (TPSA) is 34.1 Å². The number of rotatable bonds is 1. The summed E-state index contributed by atoms with van der Waals surface area (Å²) in [6.07, 6.45) is 5.60. The van der Waals surface area contributed by atoms with Crippen LogP contribution in [-0.4, -0.2) is 19.9 Å². The molecule has 3 heteroatoms. The molecule has 0 N–H and O–H groups in total. The van der Waals surface area contributed by atoms with Crippen LogP contribution in [0.25, 0.3) is 0 Å². The Morgan fingerprint density at radius 1 is 1.18 bits per heavy atom. The summed E-state index contributed by atoms with van der Waals surface area (Å²) in [6, 6.07) is 0. The normalized spacial score (nSPS) is 33.6. The van der Waals surface area contributed by atoms with Crippen LogP contribution >= 0.6 is 0 Å². The van der Waals surface area contributed by atoms with Gasteiger partial charge in [0, 0.05) is 6.26 Å². The standard InChI is InChI=1S/C8H16O2S/c1-7-5-3-4-6-8(7)11(2,9)10/h7-8H,3-6H2,1-2H3/t7-,8-/m1/s1. The molecule has 0 aromatic carbocycles. The summed E-state index contributed by atoms with van der Waals surface area (Å²) < 4.78 is 22.4. The first kappa shape index (κ1) is 9.04. The lowest BCUT2D eigenvalue weighted by Crippen LogP contribution is -2.30. The Bertz CT molecular complexity index is 218. The number of hydrogen-bond acceptors (Lipinski definition) is 2. The van der Waals surface area contributed by atoms with Crippen LogP contribution in [0.1, 0.15) is 32.6 Å². The van der Waals surface area contributed by atoms with E-state index in [2.05, 4.69) is 0 Å². The van der Waals surface area contributed by atoms with Gasteiger partial charge in [-0.3, -0.25) is 0 Å². The van der Waals surface area contributed by atoms with Crippen molar-refractivity contribution >= 4 is 9.84 Å². The second-order valence-electron chi connectivity index (χ2n) is 3.63. The van der Waals surface area contributed by atoms with Gasteiger partial charge < -0.3 is 0 Å². The van der Waals surface area contributed by atoms with E-state index in [1.54, 1.807) is 0 Å². The summed E-state index contributed by atoms with van der Waals surface area (Å²) in [5.74, 6) is 0.374. The molecule has 2 nitrogen and oxygen atoms in total. The third-order valence-corrected chi connectivity index (χ3v) is 4.38. The van der Waals surface area contributed by atoms with E-state index in [0.29, 0.717) is 5.92 Å². The third kappa shape index (κ3) is 2.19. The van der Waals surface area contributed by atoms with Gasteiger partial charge in [-0.1, -0.05) is 19.8 Å². The monoisotopic (exact) mass is 176 g/mol. The summed E-state index contributed by atoms with van der Waals surface area (Å²) in [7, 11) is -2.78. The van der Waals surface area contributed by atoms with Crippen LogP contribution in [0.2, 0.25) is 0 Å². The van der Waals surface area contributed by atoms with E-state index in [1.807, 2.05) is 6.92 Å². The fourth-order valence-corrected chi connectivity index (χ4v) is 3.49. The summed E-state index contributed by atoms with van der Waals surface area (Å²) in [6.45, 7) is 2.05. The van der Waals surface area contributed by atoms with Crippen molar-refractivity contribution in [1.29, 1.82) is 0 Å². The second-order valence-corrected chi connectivity index (χ2v) is 5.89. The van der Waals surface area contributed by atoms with Gasteiger partial charge in [0.1, 0.15) is 0 Å². The SMILES string of the molecule is C[C@@H]1CCCC[C@H]1S(C)(=O)=O. The van der Waals surface area contributed by atoms with Gasteiger partial charge in [0.2, 0.25) is 0 Å². The van der Waals surface area contributed by atoms with Gasteiger partial charge in [-0.2, -0.15) is 0 Å². The molecule has 1 aliphatic rings. The van der Waals surface area contributed by atoms with Crippen molar-refractivity contribution < 1.29 is 8.42 Å². The number of sulfone groups is 1. The van der Waals surface area contributed by atoms with E-state index in [-0.39, 0.29) is 5.25 Å². The highest BCUT2D eigenvalue weighted by Gasteiger charge is 2.29. The van der Waals surface area contributed by atoms with Gasteiger partial charge >= 0.3 is 0 Å². The van der Waals surface area contributed by atoms with Crippen molar-refractivity contribution in [2.24, 2.45) is 5.92 Å². The molecular formula is C8H16O2S. The highest BCUT2D eigenvalue weighted by Crippen LogP contribution is 2.28. The predicted octanol–water partition coefficient (Wildman–Crippen LogP) is 1.61. The third-order valence-electron chi connectivity index (χ3n) is 2.58. The lowest BCUT2D eigenvalue weighted by molar-refractivity contribution is 0.382. The molecule has 0 bridgehead atoms. The Balaban J connectivity index is 2.70. The fourth-order valence-electron chi connectivity index (χ4n) is 1.92. The molecule has 1 fully saturated rings. The molecule has 0 saturated heterocycles. The summed E-state index contributed by atoms with van der Waals surface area (Å²) in [4.78, 5) is 0. The van der Waals surface area contributed by atoms with Crippen molar-refractivity contribution in [3.8, 4) is 0 Å². The van der Waals surface area contributed by atoms with Crippen molar-refractivity contribution in [3.63, 3.8) is 0 Å². The van der Waals surface area contributed by atoms with E-state index < -0.39 is 9.84 Å². The Labute approximate surface area is 68.9 Å². The first-order valence-corrected chi connectivity index (χ1v) is 6.16. The molecule has 1 aliphatic carbocycles. The van der Waals surface area contributed by atoms with Gasteiger partial charge in [0.05, 0.1) is 5.25 Å². The van der Waals surface area contributed by atoms with E-state index in [9.17, 15) is 8.42 Å². The minimum atomic E-state index is -2.78. The molecule has 1 saturated carbocycles. The molecule has 0 radical (unpaired) electrons. The molecule has 0 heterocycles. The molecule has 0 aromatic heterocycles. The zero-order valence-electron chi connectivity index (χ0n) is 7.21. The first-order valence-electron chi connectivity index (χ1n) is 4.20. The smallest absolute Gasteiger partial charge is 0.150 e. The summed E-state index contributed by atoms with van der Waals surface area (Å²) in [5, 5.41) is -0.0590. The zero-order chi connectivity index (χ0) is 8.48. The molecule has 0 aliphatic heterocycles. The highest BCUT2D eigenvalue weighted by molar-refractivity contribution is 7.91. The Morgan fingerprint density at radius 3 is 2.09 bits per heavy atom. The molecule has 11 heavy (non-hydrogen) atoms. The molecule has 0 aromatic rings.